The molecule has 6 heteroatoms. The first-order valence-electron chi connectivity index (χ1n) is 6.83. The number of hydrogen-bond donors (Lipinski definition) is 2. The van der Waals surface area contributed by atoms with Gasteiger partial charge >= 0.3 is 5.97 Å². The quantitative estimate of drug-likeness (QED) is 0.818. The van der Waals surface area contributed by atoms with Gasteiger partial charge in [0.15, 0.2) is 5.82 Å². The van der Waals surface area contributed by atoms with Gasteiger partial charge in [0.1, 0.15) is 0 Å². The van der Waals surface area contributed by atoms with Gasteiger partial charge in [-0.05, 0) is 32.8 Å². The molecule has 2 heterocycles. The zero-order valence-electron chi connectivity index (χ0n) is 11.9. The van der Waals surface area contributed by atoms with Crippen LogP contribution in [0.1, 0.15) is 37.0 Å². The number of pyridine rings is 1. The maximum Gasteiger partial charge on any atom is 0.340 e. The predicted octanol–water partition coefficient (Wildman–Crippen LogP) is 1.82. The Morgan fingerprint density at radius 3 is 3.10 bits per heavy atom. The zero-order valence-corrected chi connectivity index (χ0v) is 11.9. The molecule has 0 aromatic carbocycles. The Morgan fingerprint density at radius 1 is 1.65 bits per heavy atom. The molecule has 0 bridgehead atoms. The van der Waals surface area contributed by atoms with E-state index in [4.69, 9.17) is 15.2 Å². The van der Waals surface area contributed by atoms with Crippen molar-refractivity contribution < 1.29 is 14.3 Å². The molecule has 1 aliphatic rings. The number of aromatic nitrogens is 1. The highest BCUT2D eigenvalue weighted by Crippen LogP contribution is 2.28. The van der Waals surface area contributed by atoms with Gasteiger partial charge in [0.2, 0.25) is 0 Å². The van der Waals surface area contributed by atoms with Crippen molar-refractivity contribution >= 4 is 17.5 Å². The highest BCUT2D eigenvalue weighted by molar-refractivity contribution is 5.97. The standard InChI is InChI=1S/C14H21N3O3/c1-3-20-13(18)10-5-7-16-12(11(10)15)17-14(2)6-4-8-19-9-14/h5,7H,3-4,6,8-9,15H2,1-2H3,(H,16,17). The number of ether oxygens (including phenoxy) is 2. The molecule has 3 N–H and O–H groups in total. The topological polar surface area (TPSA) is 86.5 Å². The minimum absolute atomic E-state index is 0.216. The van der Waals surface area contributed by atoms with Crippen LogP contribution in [0, 0.1) is 0 Å². The third-order valence-electron chi connectivity index (χ3n) is 3.34. The van der Waals surface area contributed by atoms with Gasteiger partial charge in [-0.2, -0.15) is 0 Å². The van der Waals surface area contributed by atoms with E-state index in [1.54, 1.807) is 19.2 Å². The van der Waals surface area contributed by atoms with Crippen LogP contribution >= 0.6 is 0 Å². The van der Waals surface area contributed by atoms with Crippen molar-refractivity contribution in [3.63, 3.8) is 0 Å². The lowest BCUT2D eigenvalue weighted by Crippen LogP contribution is -2.43. The van der Waals surface area contributed by atoms with Crippen LogP contribution in [0.2, 0.25) is 0 Å². The van der Waals surface area contributed by atoms with E-state index in [0.29, 0.717) is 30.3 Å². The third kappa shape index (κ3) is 3.19. The molecule has 1 saturated heterocycles. The number of rotatable bonds is 4. The highest BCUT2D eigenvalue weighted by Gasteiger charge is 2.29. The summed E-state index contributed by atoms with van der Waals surface area (Å²) in [7, 11) is 0. The molecular formula is C14H21N3O3. The Balaban J connectivity index is 2.20. The van der Waals surface area contributed by atoms with Crippen LogP contribution in [0.5, 0.6) is 0 Å². The second kappa shape index (κ2) is 6.09. The molecule has 0 amide bonds. The SMILES string of the molecule is CCOC(=O)c1ccnc(NC2(C)CCCOC2)c1N. The lowest BCUT2D eigenvalue weighted by atomic mass is 9.95. The number of hydrogen-bond acceptors (Lipinski definition) is 6. The molecule has 1 unspecified atom stereocenters. The summed E-state index contributed by atoms with van der Waals surface area (Å²) in [5.74, 6) is 0.0732. The van der Waals surface area contributed by atoms with Gasteiger partial charge in [0.05, 0.1) is 30.0 Å². The van der Waals surface area contributed by atoms with Crippen LogP contribution in [-0.2, 0) is 9.47 Å². The fourth-order valence-electron chi connectivity index (χ4n) is 2.28. The highest BCUT2D eigenvalue weighted by atomic mass is 16.5. The molecule has 1 aromatic heterocycles. The molecule has 6 nitrogen and oxygen atoms in total. The van der Waals surface area contributed by atoms with Crippen LogP contribution < -0.4 is 11.1 Å². The van der Waals surface area contributed by atoms with Crippen molar-refractivity contribution in [2.45, 2.75) is 32.2 Å². The zero-order chi connectivity index (χ0) is 14.6. The number of esters is 1. The van der Waals surface area contributed by atoms with Gasteiger partial charge in [0, 0.05) is 12.8 Å². The van der Waals surface area contributed by atoms with Crippen LogP contribution in [0.15, 0.2) is 12.3 Å². The summed E-state index contributed by atoms with van der Waals surface area (Å²) in [6.07, 6.45) is 3.51. The van der Waals surface area contributed by atoms with Crippen molar-refractivity contribution in [2.24, 2.45) is 0 Å². The van der Waals surface area contributed by atoms with Crippen molar-refractivity contribution in [1.82, 2.24) is 4.98 Å². The molecule has 20 heavy (non-hydrogen) atoms. The Kier molecular flexibility index (Phi) is 4.44. The van der Waals surface area contributed by atoms with Crippen LogP contribution in [-0.4, -0.2) is 36.3 Å². The number of carbonyl (C=O) groups is 1. The number of nitrogen functional groups attached to an aromatic ring is 1. The van der Waals surface area contributed by atoms with Gasteiger partial charge < -0.3 is 20.5 Å². The molecule has 0 radical (unpaired) electrons. The minimum atomic E-state index is -0.430. The number of anilines is 2. The first kappa shape index (κ1) is 14.6. The average molecular weight is 279 g/mol. The summed E-state index contributed by atoms with van der Waals surface area (Å²) in [5, 5.41) is 3.29. The minimum Gasteiger partial charge on any atom is -0.462 e. The molecule has 0 aliphatic carbocycles. The fourth-order valence-corrected chi connectivity index (χ4v) is 2.28. The van der Waals surface area contributed by atoms with Crippen LogP contribution in [0.25, 0.3) is 0 Å². The summed E-state index contributed by atoms with van der Waals surface area (Å²) in [4.78, 5) is 16.0. The maximum absolute atomic E-state index is 11.8. The second-order valence-corrected chi connectivity index (χ2v) is 5.18. The van der Waals surface area contributed by atoms with E-state index in [9.17, 15) is 4.79 Å². The van der Waals surface area contributed by atoms with Crippen molar-refractivity contribution in [3.05, 3.63) is 17.8 Å². The van der Waals surface area contributed by atoms with E-state index in [-0.39, 0.29) is 5.54 Å². The number of nitrogens with one attached hydrogen (secondary N) is 1. The predicted molar refractivity (Wildman–Crippen MR) is 76.7 cm³/mol. The molecule has 1 atom stereocenters. The lowest BCUT2D eigenvalue weighted by molar-refractivity contribution is 0.0526. The summed E-state index contributed by atoms with van der Waals surface area (Å²) in [6.45, 7) is 5.51. The van der Waals surface area contributed by atoms with Gasteiger partial charge in [-0.25, -0.2) is 9.78 Å². The molecule has 1 aliphatic heterocycles. The van der Waals surface area contributed by atoms with Crippen LogP contribution in [0.4, 0.5) is 11.5 Å². The van der Waals surface area contributed by atoms with Gasteiger partial charge in [0.25, 0.3) is 0 Å². The summed E-state index contributed by atoms with van der Waals surface area (Å²) >= 11 is 0. The maximum atomic E-state index is 11.8. The molecule has 1 fully saturated rings. The Labute approximate surface area is 118 Å². The summed E-state index contributed by atoms with van der Waals surface area (Å²) < 4.78 is 10.5. The second-order valence-electron chi connectivity index (χ2n) is 5.18. The first-order chi connectivity index (χ1) is 9.56. The number of nitrogens with two attached hydrogens (primary N) is 1. The molecule has 110 valence electrons. The van der Waals surface area contributed by atoms with E-state index in [0.717, 1.165) is 19.4 Å². The summed E-state index contributed by atoms with van der Waals surface area (Å²) in [5.41, 5.74) is 6.46. The molecule has 1 aromatic rings. The van der Waals surface area contributed by atoms with Gasteiger partial charge in [-0.15, -0.1) is 0 Å². The van der Waals surface area contributed by atoms with E-state index in [1.165, 1.54) is 0 Å². The Morgan fingerprint density at radius 2 is 2.45 bits per heavy atom. The largest absolute Gasteiger partial charge is 0.462 e. The van der Waals surface area contributed by atoms with Gasteiger partial charge in [-0.3, -0.25) is 0 Å². The third-order valence-corrected chi connectivity index (χ3v) is 3.34. The van der Waals surface area contributed by atoms with Crippen molar-refractivity contribution in [2.75, 3.05) is 30.9 Å². The normalized spacial score (nSPS) is 22.3. The lowest BCUT2D eigenvalue weighted by Gasteiger charge is -2.35. The van der Waals surface area contributed by atoms with Gasteiger partial charge in [-0.1, -0.05) is 0 Å². The molecular weight excluding hydrogens is 258 g/mol. The molecule has 0 spiro atoms. The molecule has 2 rings (SSSR count). The average Bonchev–Trinajstić information content (AvgIpc) is 2.42. The Hall–Kier alpha value is -1.82. The van der Waals surface area contributed by atoms with Crippen molar-refractivity contribution in [3.8, 4) is 0 Å². The van der Waals surface area contributed by atoms with E-state index in [2.05, 4.69) is 17.2 Å². The Bertz CT molecular complexity index is 485. The van der Waals surface area contributed by atoms with E-state index < -0.39 is 5.97 Å². The van der Waals surface area contributed by atoms with Crippen LogP contribution in [0.3, 0.4) is 0 Å². The monoisotopic (exact) mass is 279 g/mol. The molecule has 0 saturated carbocycles. The number of nitrogens with zero attached hydrogens (tertiary/aromatic N) is 1. The number of carbonyl (C=O) groups excluding carboxylic acids is 1. The summed E-state index contributed by atoms with van der Waals surface area (Å²) in [6, 6.07) is 1.57. The first-order valence-corrected chi connectivity index (χ1v) is 6.83. The van der Waals surface area contributed by atoms with E-state index >= 15 is 0 Å². The van der Waals surface area contributed by atoms with Crippen molar-refractivity contribution in [1.29, 1.82) is 0 Å². The fraction of sp³-hybridized carbons (Fsp3) is 0.571. The van der Waals surface area contributed by atoms with E-state index in [1.807, 2.05) is 0 Å². The smallest absolute Gasteiger partial charge is 0.340 e.